The predicted molar refractivity (Wildman–Crippen MR) is 73.2 cm³/mol. The van der Waals surface area contributed by atoms with Gasteiger partial charge >= 0.3 is 0 Å². The highest BCUT2D eigenvalue weighted by molar-refractivity contribution is 4.88. The van der Waals surface area contributed by atoms with Gasteiger partial charge in [0.2, 0.25) is 5.54 Å². The van der Waals surface area contributed by atoms with Crippen LogP contribution < -0.4 is 0 Å². The highest BCUT2D eigenvalue weighted by Gasteiger charge is 2.46. The van der Waals surface area contributed by atoms with E-state index in [4.69, 9.17) is 0 Å². The molecule has 0 heterocycles. The Bertz CT molecular complexity index is 276. The Morgan fingerprint density at radius 3 is 2.11 bits per heavy atom. The molecule has 2 saturated carbocycles. The first kappa shape index (κ1) is 13.8. The van der Waals surface area contributed by atoms with Gasteiger partial charge in [-0.05, 0) is 31.1 Å². The number of nitrogens with zero attached hydrogens (tertiary/aromatic N) is 1. The van der Waals surface area contributed by atoms with Crippen LogP contribution >= 0.6 is 0 Å². The molecule has 2 aliphatic carbocycles. The van der Waals surface area contributed by atoms with Gasteiger partial charge in [-0.15, -0.1) is 0 Å². The molecular weight excluding hydrogens is 226 g/mol. The molecule has 2 rings (SSSR count). The van der Waals surface area contributed by atoms with Crippen molar-refractivity contribution in [3.8, 4) is 0 Å². The van der Waals surface area contributed by atoms with E-state index in [-0.39, 0.29) is 4.92 Å². The van der Waals surface area contributed by atoms with Crippen LogP contribution in [0.4, 0.5) is 0 Å². The Morgan fingerprint density at radius 2 is 1.61 bits per heavy atom. The molecule has 3 heteroatoms. The zero-order valence-electron chi connectivity index (χ0n) is 11.7. The monoisotopic (exact) mass is 253 g/mol. The van der Waals surface area contributed by atoms with Gasteiger partial charge in [-0.2, -0.15) is 0 Å². The maximum absolute atomic E-state index is 11.4. The van der Waals surface area contributed by atoms with Crippen LogP contribution in [0.2, 0.25) is 0 Å². The maximum Gasteiger partial charge on any atom is 0.222 e. The molecular formula is C15H27NO2. The number of hydrogen-bond donors (Lipinski definition) is 0. The molecule has 0 atom stereocenters. The lowest BCUT2D eigenvalue weighted by Gasteiger charge is -2.38. The topological polar surface area (TPSA) is 43.1 Å². The molecule has 3 nitrogen and oxygen atoms in total. The van der Waals surface area contributed by atoms with Gasteiger partial charge in [0.15, 0.2) is 0 Å². The third-order valence-corrected chi connectivity index (χ3v) is 5.38. The molecule has 104 valence electrons. The van der Waals surface area contributed by atoms with E-state index in [0.29, 0.717) is 0 Å². The van der Waals surface area contributed by atoms with Crippen molar-refractivity contribution in [1.29, 1.82) is 0 Å². The quantitative estimate of drug-likeness (QED) is 0.544. The summed E-state index contributed by atoms with van der Waals surface area (Å²) in [6.07, 6.45) is 12.5. The zero-order valence-corrected chi connectivity index (χ0v) is 11.7. The fourth-order valence-electron chi connectivity index (χ4n) is 4.24. The van der Waals surface area contributed by atoms with E-state index < -0.39 is 5.54 Å². The maximum atomic E-state index is 11.4. The van der Waals surface area contributed by atoms with Crippen LogP contribution in [0.1, 0.15) is 77.6 Å². The van der Waals surface area contributed by atoms with Crippen LogP contribution in [0, 0.1) is 22.0 Å². The normalized spacial score (nSPS) is 34.4. The molecule has 0 aliphatic heterocycles. The minimum atomic E-state index is -0.570. The lowest BCUT2D eigenvalue weighted by molar-refractivity contribution is -0.577. The van der Waals surface area contributed by atoms with Crippen LogP contribution in [-0.2, 0) is 0 Å². The number of rotatable bonds is 4. The molecule has 0 aromatic carbocycles. The average Bonchev–Trinajstić information content (AvgIpc) is 2.41. The van der Waals surface area contributed by atoms with Crippen molar-refractivity contribution in [2.45, 2.75) is 83.1 Å². The highest BCUT2D eigenvalue weighted by Crippen LogP contribution is 2.43. The van der Waals surface area contributed by atoms with Crippen molar-refractivity contribution in [2.75, 3.05) is 0 Å². The minimum absolute atomic E-state index is 0.0353. The Balaban J connectivity index is 1.91. The summed E-state index contributed by atoms with van der Waals surface area (Å²) < 4.78 is 0. The molecule has 0 aromatic rings. The summed E-state index contributed by atoms with van der Waals surface area (Å²) in [7, 11) is 0. The van der Waals surface area contributed by atoms with Crippen molar-refractivity contribution in [1.82, 2.24) is 0 Å². The van der Waals surface area contributed by atoms with Gasteiger partial charge in [-0.3, -0.25) is 10.1 Å². The van der Waals surface area contributed by atoms with Crippen molar-refractivity contribution < 1.29 is 4.92 Å². The molecule has 0 saturated heterocycles. The SMILES string of the molecule is CCCC1([N+](=O)[O-])CCC(C2CCCCC2)CC1. The molecule has 18 heavy (non-hydrogen) atoms. The Labute approximate surface area is 110 Å². The first-order valence-corrected chi connectivity index (χ1v) is 7.82. The zero-order chi connectivity index (χ0) is 13.0. The molecule has 0 amide bonds. The fourth-order valence-corrected chi connectivity index (χ4v) is 4.24. The smallest absolute Gasteiger partial charge is 0.222 e. The molecule has 0 aromatic heterocycles. The third-order valence-electron chi connectivity index (χ3n) is 5.38. The fraction of sp³-hybridized carbons (Fsp3) is 1.00. The van der Waals surface area contributed by atoms with Crippen LogP contribution in [-0.4, -0.2) is 10.5 Å². The number of nitro groups is 1. The van der Waals surface area contributed by atoms with Crippen molar-refractivity contribution in [3.05, 3.63) is 10.1 Å². The van der Waals surface area contributed by atoms with Gasteiger partial charge in [0, 0.05) is 24.2 Å². The first-order valence-electron chi connectivity index (χ1n) is 7.82. The van der Waals surface area contributed by atoms with Crippen molar-refractivity contribution in [2.24, 2.45) is 11.8 Å². The Hall–Kier alpha value is -0.600. The first-order chi connectivity index (χ1) is 8.68. The lowest BCUT2D eigenvalue weighted by Crippen LogP contribution is -2.43. The highest BCUT2D eigenvalue weighted by atomic mass is 16.6. The second-order valence-corrected chi connectivity index (χ2v) is 6.47. The molecule has 0 unspecified atom stereocenters. The average molecular weight is 253 g/mol. The van der Waals surface area contributed by atoms with E-state index in [1.807, 2.05) is 0 Å². The number of hydrogen-bond acceptors (Lipinski definition) is 2. The largest absolute Gasteiger partial charge is 0.264 e. The minimum Gasteiger partial charge on any atom is -0.264 e. The van der Waals surface area contributed by atoms with Crippen LogP contribution in [0.3, 0.4) is 0 Å². The summed E-state index contributed by atoms with van der Waals surface area (Å²) in [6.45, 7) is 2.07. The molecule has 0 N–H and O–H groups in total. The summed E-state index contributed by atoms with van der Waals surface area (Å²) in [5.74, 6) is 1.67. The third kappa shape index (κ3) is 2.86. The Morgan fingerprint density at radius 1 is 1.06 bits per heavy atom. The van der Waals surface area contributed by atoms with Crippen molar-refractivity contribution >= 4 is 0 Å². The van der Waals surface area contributed by atoms with Gasteiger partial charge in [0.25, 0.3) is 0 Å². The summed E-state index contributed by atoms with van der Waals surface area (Å²) in [5, 5.41) is 11.4. The standard InChI is InChI=1S/C15H27NO2/c1-2-10-15(16(17)18)11-8-14(9-12-15)13-6-4-3-5-7-13/h13-14H,2-12H2,1H3. The van der Waals surface area contributed by atoms with Gasteiger partial charge in [-0.1, -0.05) is 39.0 Å². The van der Waals surface area contributed by atoms with Crippen molar-refractivity contribution in [3.63, 3.8) is 0 Å². The van der Waals surface area contributed by atoms with Crippen LogP contribution in [0.15, 0.2) is 0 Å². The predicted octanol–water partition coefficient (Wildman–Crippen LogP) is 4.57. The summed E-state index contributed by atoms with van der Waals surface area (Å²) >= 11 is 0. The van der Waals surface area contributed by atoms with Crippen LogP contribution in [0.25, 0.3) is 0 Å². The Kier molecular flexibility index (Phi) is 4.63. The van der Waals surface area contributed by atoms with E-state index in [1.54, 1.807) is 0 Å². The van der Waals surface area contributed by atoms with Gasteiger partial charge in [-0.25, -0.2) is 0 Å². The summed E-state index contributed by atoms with van der Waals surface area (Å²) in [4.78, 5) is 11.4. The molecule has 2 fully saturated rings. The van der Waals surface area contributed by atoms with Gasteiger partial charge < -0.3 is 0 Å². The van der Waals surface area contributed by atoms with E-state index in [2.05, 4.69) is 6.92 Å². The molecule has 2 aliphatic rings. The van der Waals surface area contributed by atoms with Gasteiger partial charge in [0.05, 0.1) is 0 Å². The molecule has 0 bridgehead atoms. The second kappa shape index (κ2) is 6.03. The molecule has 0 spiro atoms. The second-order valence-electron chi connectivity index (χ2n) is 6.47. The van der Waals surface area contributed by atoms with Crippen LogP contribution in [0.5, 0.6) is 0 Å². The summed E-state index contributed by atoms with van der Waals surface area (Å²) in [5.41, 5.74) is -0.570. The van der Waals surface area contributed by atoms with E-state index in [9.17, 15) is 10.1 Å². The van der Waals surface area contributed by atoms with E-state index in [1.165, 1.54) is 32.1 Å². The van der Waals surface area contributed by atoms with Gasteiger partial charge in [0.1, 0.15) is 0 Å². The lowest BCUT2D eigenvalue weighted by atomic mass is 9.68. The van der Waals surface area contributed by atoms with E-state index in [0.717, 1.165) is 50.4 Å². The molecule has 0 radical (unpaired) electrons. The van der Waals surface area contributed by atoms with E-state index >= 15 is 0 Å². The summed E-state index contributed by atoms with van der Waals surface area (Å²) in [6, 6.07) is 0.